The Labute approximate surface area is 129 Å². The molecule has 0 aromatic carbocycles. The Hall–Kier alpha value is 0.550. The van der Waals surface area contributed by atoms with Crippen LogP contribution in [0, 0.1) is 0 Å². The molecule has 0 amide bonds. The second kappa shape index (κ2) is 13.0. The van der Waals surface area contributed by atoms with Crippen LogP contribution in [0.4, 0.5) is 0 Å². The quantitative estimate of drug-likeness (QED) is 0.208. The predicted octanol–water partition coefficient (Wildman–Crippen LogP) is 0.274. The average molecular weight is 372 g/mol. The molecule has 0 unspecified atom stereocenters. The number of thioether (sulfide) groups is 1. The Bertz CT molecular complexity index is 198. The fraction of sp³-hybridized carbons (Fsp3) is 0.923. The van der Waals surface area contributed by atoms with Crippen LogP contribution in [-0.4, -0.2) is 46.6 Å². The van der Waals surface area contributed by atoms with E-state index in [9.17, 15) is 0 Å². The third-order valence-corrected chi connectivity index (χ3v) is 4.06. The summed E-state index contributed by atoms with van der Waals surface area (Å²) in [6.45, 7) is 15.7. The number of unbranched alkanes of at least 4 members (excludes halogenated alkanes) is 1. The van der Waals surface area contributed by atoms with E-state index < -0.39 is 0 Å². The number of amidine groups is 1. The maximum atomic E-state index is 2.48. The van der Waals surface area contributed by atoms with Gasteiger partial charge in [0.2, 0.25) is 0 Å². The summed E-state index contributed by atoms with van der Waals surface area (Å²) < 4.78 is 2.48. The lowest BCUT2D eigenvalue weighted by Crippen LogP contribution is -3.00. The number of rotatable bonds is 7. The fourth-order valence-electron chi connectivity index (χ4n) is 1.68. The number of hydrogen-bond donors (Lipinski definition) is 0. The van der Waals surface area contributed by atoms with Gasteiger partial charge in [-0.3, -0.25) is 9.48 Å². The Kier molecular flexibility index (Phi) is 15.2. The summed E-state index contributed by atoms with van der Waals surface area (Å²) in [7, 11) is 0. The highest BCUT2D eigenvalue weighted by Gasteiger charge is 2.19. The van der Waals surface area contributed by atoms with Crippen molar-refractivity contribution in [3.8, 4) is 0 Å². The Balaban J connectivity index is 0. The van der Waals surface area contributed by atoms with Crippen LogP contribution >= 0.6 is 11.8 Å². The molecule has 0 rings (SSSR count). The second-order valence-corrected chi connectivity index (χ2v) is 4.89. The minimum absolute atomic E-state index is 0. The smallest absolute Gasteiger partial charge is 0.308 e. The lowest BCUT2D eigenvalue weighted by Gasteiger charge is -2.18. The van der Waals surface area contributed by atoms with E-state index in [1.54, 1.807) is 0 Å². The van der Waals surface area contributed by atoms with E-state index in [4.69, 9.17) is 0 Å². The maximum absolute atomic E-state index is 2.48. The van der Waals surface area contributed by atoms with Crippen molar-refractivity contribution < 1.29 is 28.6 Å². The largest absolute Gasteiger partial charge is 1.00 e. The molecule has 0 aliphatic rings. The number of nitrogens with zero attached hydrogens (tertiary/aromatic N) is 2. The van der Waals surface area contributed by atoms with Crippen molar-refractivity contribution >= 4 is 16.9 Å². The van der Waals surface area contributed by atoms with E-state index in [1.807, 2.05) is 11.8 Å². The first kappa shape index (κ1) is 19.9. The van der Waals surface area contributed by atoms with Crippen molar-refractivity contribution in [2.45, 2.75) is 47.5 Å². The van der Waals surface area contributed by atoms with Crippen molar-refractivity contribution in [3.05, 3.63) is 0 Å². The molecule has 0 atom stereocenters. The van der Waals surface area contributed by atoms with Gasteiger partial charge >= 0.3 is 5.17 Å². The summed E-state index contributed by atoms with van der Waals surface area (Å²) in [6.07, 6.45) is 2.60. The summed E-state index contributed by atoms with van der Waals surface area (Å²) in [5.74, 6) is 1.25. The molecule has 0 heterocycles. The molecule has 0 aliphatic carbocycles. The van der Waals surface area contributed by atoms with Gasteiger partial charge in [-0.25, -0.2) is 0 Å². The van der Waals surface area contributed by atoms with E-state index in [1.165, 1.54) is 23.8 Å². The molecule has 0 bridgehead atoms. The summed E-state index contributed by atoms with van der Waals surface area (Å²) in [6, 6.07) is 0. The van der Waals surface area contributed by atoms with Gasteiger partial charge in [0.1, 0.15) is 0 Å². The molecule has 4 heteroatoms. The van der Waals surface area contributed by atoms with E-state index in [-0.39, 0.29) is 24.0 Å². The zero-order valence-corrected chi connectivity index (χ0v) is 15.1. The van der Waals surface area contributed by atoms with Gasteiger partial charge < -0.3 is 24.0 Å². The molecule has 17 heavy (non-hydrogen) atoms. The highest BCUT2D eigenvalue weighted by Crippen LogP contribution is 2.11. The lowest BCUT2D eigenvalue weighted by atomic mass is 10.4. The number of halogens is 1. The summed E-state index contributed by atoms with van der Waals surface area (Å²) in [5.41, 5.74) is 0. The molecule has 0 aromatic heterocycles. The van der Waals surface area contributed by atoms with Gasteiger partial charge in [0.05, 0.1) is 26.2 Å². The van der Waals surface area contributed by atoms with E-state index in [2.05, 4.69) is 44.1 Å². The highest BCUT2D eigenvalue weighted by molar-refractivity contribution is 8.13. The molecule has 0 saturated heterocycles. The highest BCUT2D eigenvalue weighted by atomic mass is 127. The van der Waals surface area contributed by atoms with Gasteiger partial charge in [-0.1, -0.05) is 13.3 Å². The molecule has 2 nitrogen and oxygen atoms in total. The Morgan fingerprint density at radius 3 is 1.88 bits per heavy atom. The first-order chi connectivity index (χ1) is 7.74. The Morgan fingerprint density at radius 1 is 1.00 bits per heavy atom. The van der Waals surface area contributed by atoms with Crippen molar-refractivity contribution in [1.29, 1.82) is 0 Å². The first-order valence-electron chi connectivity index (χ1n) is 6.74. The second-order valence-electron chi connectivity index (χ2n) is 3.83. The molecule has 0 fully saturated rings. The molecule has 0 radical (unpaired) electrons. The van der Waals surface area contributed by atoms with Crippen LogP contribution in [0.1, 0.15) is 47.5 Å². The van der Waals surface area contributed by atoms with Crippen molar-refractivity contribution in [2.24, 2.45) is 0 Å². The van der Waals surface area contributed by atoms with Crippen LogP contribution in [-0.2, 0) is 0 Å². The lowest BCUT2D eigenvalue weighted by molar-refractivity contribution is -0.522. The van der Waals surface area contributed by atoms with Crippen molar-refractivity contribution in [1.82, 2.24) is 4.90 Å². The zero-order chi connectivity index (χ0) is 12.4. The van der Waals surface area contributed by atoms with Gasteiger partial charge in [-0.2, -0.15) is 0 Å². The van der Waals surface area contributed by atoms with Gasteiger partial charge in [0, 0.05) is 5.75 Å². The van der Waals surface area contributed by atoms with Gasteiger partial charge in [0.25, 0.3) is 0 Å². The maximum Gasteiger partial charge on any atom is 0.308 e. The van der Waals surface area contributed by atoms with Crippen LogP contribution in [0.2, 0.25) is 0 Å². The summed E-state index contributed by atoms with van der Waals surface area (Å²) >= 11 is 2.03. The minimum atomic E-state index is 0. The van der Waals surface area contributed by atoms with E-state index in [0.717, 1.165) is 26.2 Å². The van der Waals surface area contributed by atoms with Crippen LogP contribution in [0.5, 0.6) is 0 Å². The van der Waals surface area contributed by atoms with Crippen molar-refractivity contribution in [2.75, 3.05) is 31.9 Å². The van der Waals surface area contributed by atoms with Crippen LogP contribution in [0.25, 0.3) is 0 Å². The molecular weight excluding hydrogens is 343 g/mol. The van der Waals surface area contributed by atoms with E-state index in [0.29, 0.717) is 0 Å². The van der Waals surface area contributed by atoms with Crippen molar-refractivity contribution in [3.63, 3.8) is 0 Å². The predicted molar refractivity (Wildman–Crippen MR) is 76.6 cm³/mol. The average Bonchev–Trinajstić information content (AvgIpc) is 2.31. The molecular formula is C13H29IN2S. The standard InChI is InChI=1S/C13H29N2S.HI/c1-6-11-12-16-13(14(7-2)8-3)15(9-4)10-5;/h6-12H2,1-5H3;1H/q+1;/p-1. The van der Waals surface area contributed by atoms with Crippen LogP contribution in [0.3, 0.4) is 0 Å². The van der Waals surface area contributed by atoms with Gasteiger partial charge in [0.15, 0.2) is 0 Å². The molecule has 0 saturated carbocycles. The number of hydrogen-bond acceptors (Lipinski definition) is 1. The first-order valence-corrected chi connectivity index (χ1v) is 7.73. The monoisotopic (exact) mass is 372 g/mol. The third kappa shape index (κ3) is 7.54. The molecule has 0 aromatic rings. The molecule has 104 valence electrons. The van der Waals surface area contributed by atoms with Crippen LogP contribution < -0.4 is 24.0 Å². The minimum Gasteiger partial charge on any atom is -1.00 e. The summed E-state index contributed by atoms with van der Waals surface area (Å²) in [4.78, 5) is 2.48. The summed E-state index contributed by atoms with van der Waals surface area (Å²) in [5, 5.41) is 1.48. The fourth-order valence-corrected chi connectivity index (χ4v) is 3.18. The zero-order valence-electron chi connectivity index (χ0n) is 12.1. The third-order valence-electron chi connectivity index (χ3n) is 2.80. The molecule has 0 spiro atoms. The topological polar surface area (TPSA) is 6.25 Å². The van der Waals surface area contributed by atoms with E-state index >= 15 is 0 Å². The Morgan fingerprint density at radius 2 is 1.53 bits per heavy atom. The molecule has 0 aliphatic heterocycles. The van der Waals surface area contributed by atoms with Crippen LogP contribution in [0.15, 0.2) is 0 Å². The molecule has 0 N–H and O–H groups in total. The normalized spacial score (nSPS) is 9.71. The SMILES string of the molecule is CCCCSC(N(CC)CC)=[N+](CC)CC.[I-]. The van der Waals surface area contributed by atoms with Gasteiger partial charge in [-0.15, -0.1) is 0 Å². The van der Waals surface area contributed by atoms with Gasteiger partial charge in [-0.05, 0) is 45.9 Å².